The van der Waals surface area contributed by atoms with Gasteiger partial charge < -0.3 is 8.83 Å². The van der Waals surface area contributed by atoms with Gasteiger partial charge in [0.05, 0.1) is 0 Å². The van der Waals surface area contributed by atoms with Crippen molar-refractivity contribution in [2.75, 3.05) is 0 Å². The molecule has 0 N–H and O–H groups in total. The van der Waals surface area contributed by atoms with Gasteiger partial charge in [0.2, 0.25) is 0 Å². The highest BCUT2D eigenvalue weighted by molar-refractivity contribution is 7.26. The maximum atomic E-state index is 7.03. The van der Waals surface area contributed by atoms with E-state index in [9.17, 15) is 0 Å². The van der Waals surface area contributed by atoms with Crippen LogP contribution in [0.4, 0.5) is 0 Å². The lowest BCUT2D eigenvalue weighted by Crippen LogP contribution is -2.00. The third kappa shape index (κ3) is 11.3. The fourth-order valence-electron chi connectivity index (χ4n) is 15.4. The van der Waals surface area contributed by atoms with Crippen molar-refractivity contribution >= 4 is 107 Å². The monoisotopic (exact) mass is 1470 g/mol. The van der Waals surface area contributed by atoms with E-state index in [1.54, 1.807) is 22.7 Å². The van der Waals surface area contributed by atoms with Crippen LogP contribution in [0, 0.1) is 0 Å². The smallest absolute Gasteiger partial charge is 0.180 e. The molecule has 14 aromatic carbocycles. The maximum absolute atomic E-state index is 7.03. The van der Waals surface area contributed by atoms with Crippen LogP contribution >= 0.6 is 22.7 Å². The Morgan fingerprint density at radius 3 is 1.01 bits per heavy atom. The van der Waals surface area contributed by atoms with Crippen molar-refractivity contribution in [3.63, 3.8) is 0 Å². The summed E-state index contributed by atoms with van der Waals surface area (Å²) in [5, 5.41) is 6.06. The SMILES string of the molecule is c1ccc(-c2cccc(-c3nc(-c4ccccc4)nc(-c4cccc5sc6ccc(-c7nc(-c8ccccc8)nc8c7oc7cc(-c9ccc(-c%10ccc(-c%11nc(-c%12ccccc%12)nc(-c%12cccc%13sc%14ccc(-c%15nc(-c%16ccccc%16)nc%16c%15oc%15ccccc%15%16)cc%14c%12%13)n%11)cc%10)cc9)ccc78)cc6c45)n3)c2)cc1. The van der Waals surface area contributed by atoms with Crippen LogP contribution in [0.2, 0.25) is 0 Å². The van der Waals surface area contributed by atoms with Crippen LogP contribution in [-0.2, 0) is 0 Å². The van der Waals surface area contributed by atoms with E-state index in [1.165, 1.54) is 0 Å². The molecule has 0 radical (unpaired) electrons. The minimum atomic E-state index is 0.567. The van der Waals surface area contributed by atoms with Gasteiger partial charge in [-0.25, -0.2) is 49.8 Å². The highest BCUT2D eigenvalue weighted by atomic mass is 32.1. The molecule has 0 saturated heterocycles. The van der Waals surface area contributed by atoms with Crippen molar-refractivity contribution in [1.82, 2.24) is 49.8 Å². The third-order valence-corrected chi connectivity index (χ3v) is 23.1. The fourth-order valence-corrected chi connectivity index (χ4v) is 17.6. The summed E-state index contributed by atoms with van der Waals surface area (Å²) >= 11 is 3.49. The number of rotatable bonds is 13. The maximum Gasteiger partial charge on any atom is 0.180 e. The van der Waals surface area contributed by atoms with Crippen LogP contribution < -0.4 is 0 Å². The molecule has 0 aliphatic heterocycles. The minimum Gasteiger partial charge on any atom is -0.452 e. The Morgan fingerprint density at radius 2 is 0.518 bits per heavy atom. The summed E-state index contributed by atoms with van der Waals surface area (Å²) in [6, 6.07) is 117. The van der Waals surface area contributed by atoms with E-state index in [4.69, 9.17) is 58.7 Å². The first kappa shape index (κ1) is 64.5. The lowest BCUT2D eigenvalue weighted by Gasteiger charge is -2.11. The minimum absolute atomic E-state index is 0.567. The van der Waals surface area contributed by atoms with Crippen LogP contribution in [0.3, 0.4) is 0 Å². The molecule has 0 aliphatic rings. The second-order valence-corrected chi connectivity index (χ2v) is 29.9. The molecule has 14 heteroatoms. The Bertz CT molecular complexity index is 7480. The summed E-state index contributed by atoms with van der Waals surface area (Å²) in [5.74, 6) is 4.73. The van der Waals surface area contributed by atoms with Crippen molar-refractivity contribution in [2.24, 2.45) is 0 Å². The van der Waals surface area contributed by atoms with Crippen LogP contribution in [0.25, 0.3) is 231 Å². The van der Waals surface area contributed by atoms with Crippen molar-refractivity contribution < 1.29 is 8.83 Å². The third-order valence-electron chi connectivity index (χ3n) is 20.9. The molecule has 522 valence electrons. The van der Waals surface area contributed by atoms with Gasteiger partial charge in [-0.2, -0.15) is 0 Å². The molecule has 0 unspecified atom stereocenters. The Labute approximate surface area is 648 Å². The molecule has 112 heavy (non-hydrogen) atoms. The summed E-state index contributed by atoms with van der Waals surface area (Å²) in [5.41, 5.74) is 21.0. The summed E-state index contributed by atoms with van der Waals surface area (Å²) < 4.78 is 18.1. The Hall–Kier alpha value is -14.7. The van der Waals surface area contributed by atoms with Crippen molar-refractivity contribution in [2.45, 2.75) is 0 Å². The number of para-hydroxylation sites is 1. The van der Waals surface area contributed by atoms with E-state index in [0.717, 1.165) is 162 Å². The first-order chi connectivity index (χ1) is 55.4. The molecule has 22 rings (SSSR count). The number of thiophene rings is 2. The molecule has 0 saturated carbocycles. The summed E-state index contributed by atoms with van der Waals surface area (Å²) in [4.78, 5) is 52.5. The number of aromatic nitrogens is 10. The van der Waals surface area contributed by atoms with E-state index >= 15 is 0 Å². The van der Waals surface area contributed by atoms with Crippen molar-refractivity contribution in [1.29, 1.82) is 0 Å². The van der Waals surface area contributed by atoms with Crippen molar-refractivity contribution in [3.8, 4) is 147 Å². The van der Waals surface area contributed by atoms with Gasteiger partial charge in [-0.05, 0) is 100 Å². The van der Waals surface area contributed by atoms with Gasteiger partial charge in [-0.1, -0.05) is 273 Å². The lowest BCUT2D eigenvalue weighted by atomic mass is 9.99. The van der Waals surface area contributed by atoms with Gasteiger partial charge in [-0.15, -0.1) is 22.7 Å². The van der Waals surface area contributed by atoms with Crippen LogP contribution in [0.15, 0.2) is 349 Å². The molecule has 12 nitrogen and oxygen atoms in total. The number of fused-ring (bicyclic) bond motifs is 12. The van der Waals surface area contributed by atoms with Gasteiger partial charge in [0, 0.05) is 107 Å². The predicted molar refractivity (Wildman–Crippen MR) is 455 cm³/mol. The van der Waals surface area contributed by atoms with Crippen LogP contribution in [0.5, 0.6) is 0 Å². The van der Waals surface area contributed by atoms with Crippen LogP contribution in [-0.4, -0.2) is 49.8 Å². The topological polar surface area (TPSA) is 155 Å². The highest BCUT2D eigenvalue weighted by Crippen LogP contribution is 2.47. The molecule has 0 aliphatic carbocycles. The van der Waals surface area contributed by atoms with Gasteiger partial charge in [0.1, 0.15) is 33.6 Å². The van der Waals surface area contributed by atoms with Gasteiger partial charge in [-0.3, -0.25) is 0 Å². The summed E-state index contributed by atoms with van der Waals surface area (Å²) in [6.07, 6.45) is 0. The second-order valence-electron chi connectivity index (χ2n) is 27.7. The van der Waals surface area contributed by atoms with Gasteiger partial charge in [0.15, 0.2) is 57.8 Å². The molecular formula is C98H56N10O2S2. The molecule has 0 amide bonds. The Balaban J connectivity index is 0.595. The largest absolute Gasteiger partial charge is 0.452 e. The van der Waals surface area contributed by atoms with Gasteiger partial charge >= 0.3 is 0 Å². The second kappa shape index (κ2) is 26.6. The first-order valence-corrected chi connectivity index (χ1v) is 38.5. The molecule has 0 spiro atoms. The predicted octanol–water partition coefficient (Wildman–Crippen LogP) is 25.8. The molecule has 0 atom stereocenters. The molecule has 8 aromatic heterocycles. The summed E-state index contributed by atoms with van der Waals surface area (Å²) in [6.45, 7) is 0. The van der Waals surface area contributed by atoms with E-state index in [2.05, 4.69) is 206 Å². The number of nitrogens with zero attached hydrogens (tertiary/aromatic N) is 10. The lowest BCUT2D eigenvalue weighted by molar-refractivity contribution is 0.667. The number of furan rings is 2. The van der Waals surface area contributed by atoms with E-state index in [0.29, 0.717) is 69.0 Å². The highest BCUT2D eigenvalue weighted by Gasteiger charge is 2.26. The fraction of sp³-hybridized carbons (Fsp3) is 0. The number of benzene rings is 14. The average molecular weight is 1470 g/mol. The number of hydrogen-bond donors (Lipinski definition) is 0. The van der Waals surface area contributed by atoms with E-state index in [1.807, 2.05) is 133 Å². The zero-order chi connectivity index (χ0) is 73.7. The molecular weight excluding hydrogens is 1410 g/mol. The molecule has 0 bridgehead atoms. The standard InChI is InChI=1S/C98H56N10O2S2/c1-6-21-57(22-7-1)66-31-18-32-70(53-66)96-104-94(64-29-14-5-15-30-64)106-98(108-96)74-35-20-38-82-84(74)76-55-69(49-52-80(76)112-82)86-90-88(102-92(100-86)62-25-10-3-11-26-62)72-50-47-67(56-78(72)110-90)60-41-39-58(40-42-60)59-43-45-65(46-44-59)95-103-93(63-27-12-4-13-28-63)105-97(107-95)73-34-19-37-81-83(73)75-54-68(48-51-79(75)111-81)85-89-87(71-33-16-17-36-77(71)109-89)101-91(99-85)61-23-8-2-9-24-61/h1-56H. The first-order valence-electron chi connectivity index (χ1n) is 36.9. The zero-order valence-electron chi connectivity index (χ0n) is 59.4. The number of hydrogen-bond acceptors (Lipinski definition) is 14. The molecule has 0 fully saturated rings. The van der Waals surface area contributed by atoms with E-state index < -0.39 is 0 Å². The summed E-state index contributed by atoms with van der Waals surface area (Å²) in [7, 11) is 0. The zero-order valence-corrected chi connectivity index (χ0v) is 61.1. The molecule has 8 heterocycles. The Kier molecular flexibility index (Phi) is 15.3. The normalized spacial score (nSPS) is 11.8. The quantitative estimate of drug-likeness (QED) is 0.108. The van der Waals surface area contributed by atoms with Crippen LogP contribution in [0.1, 0.15) is 0 Å². The van der Waals surface area contributed by atoms with Crippen molar-refractivity contribution in [3.05, 3.63) is 340 Å². The average Bonchev–Trinajstić information content (AvgIpc) is 1.59. The van der Waals surface area contributed by atoms with Gasteiger partial charge in [0.25, 0.3) is 0 Å². The molecule has 22 aromatic rings. The van der Waals surface area contributed by atoms with E-state index in [-0.39, 0.29) is 0 Å². The Morgan fingerprint density at radius 1 is 0.188 bits per heavy atom.